The van der Waals surface area contributed by atoms with Crippen molar-refractivity contribution in [1.82, 2.24) is 4.98 Å². The van der Waals surface area contributed by atoms with Crippen LogP contribution in [0.3, 0.4) is 0 Å². The summed E-state index contributed by atoms with van der Waals surface area (Å²) in [5.41, 5.74) is 2.71. The van der Waals surface area contributed by atoms with Crippen molar-refractivity contribution in [2.24, 2.45) is 0 Å². The van der Waals surface area contributed by atoms with Crippen LogP contribution in [0.15, 0.2) is 97.2 Å². The Kier molecular flexibility index (Phi) is 7.46. The molecule has 0 saturated carbocycles. The molecule has 0 aliphatic carbocycles. The minimum Gasteiger partial charge on any atom is -0.308 e. The van der Waals surface area contributed by atoms with E-state index in [1.54, 1.807) is 48.5 Å². The molecule has 39 heavy (non-hydrogen) atoms. The van der Waals surface area contributed by atoms with Crippen LogP contribution in [0.25, 0.3) is 22.0 Å². The van der Waals surface area contributed by atoms with Gasteiger partial charge in [0.25, 0.3) is 0 Å². The molecule has 2 N–H and O–H groups in total. The number of urea groups is 1. The van der Waals surface area contributed by atoms with Crippen LogP contribution in [0, 0.1) is 0 Å². The third kappa shape index (κ3) is 5.85. The Bertz CT molecular complexity index is 1650. The second-order valence-electron chi connectivity index (χ2n) is 8.78. The quantitative estimate of drug-likeness (QED) is 0.223. The standard InChI is InChI=1S/C30H20Cl2F3N3O/c31-24-13-6-14-25(32)28(24)38-29(39)37-21-10-4-9-19(16-21)26-20(15-18-7-2-1-3-8-18)17-36-27-22(26)11-5-12-23(27)30(33,34)35/h1-14,16-17H,15H2,(H2,37,38,39). The zero-order valence-electron chi connectivity index (χ0n) is 20.2. The fraction of sp³-hybridized carbons (Fsp3) is 0.0667. The molecule has 4 aromatic carbocycles. The molecule has 0 aliphatic heterocycles. The Morgan fingerprint density at radius 2 is 1.51 bits per heavy atom. The molecule has 4 nitrogen and oxygen atoms in total. The molecule has 5 aromatic rings. The third-order valence-corrected chi connectivity index (χ3v) is 6.76. The number of amides is 2. The predicted molar refractivity (Wildman–Crippen MR) is 151 cm³/mol. The lowest BCUT2D eigenvalue weighted by Crippen LogP contribution is -2.19. The first kappa shape index (κ1) is 26.5. The molecule has 0 unspecified atom stereocenters. The van der Waals surface area contributed by atoms with Gasteiger partial charge >= 0.3 is 12.2 Å². The molecule has 5 rings (SSSR count). The summed E-state index contributed by atoms with van der Waals surface area (Å²) in [6.45, 7) is 0. The average Bonchev–Trinajstić information content (AvgIpc) is 2.90. The van der Waals surface area contributed by atoms with Crippen LogP contribution in [0.5, 0.6) is 0 Å². The summed E-state index contributed by atoms with van der Waals surface area (Å²) >= 11 is 12.3. The Hall–Kier alpha value is -4.07. The van der Waals surface area contributed by atoms with Crippen molar-refractivity contribution >= 4 is 51.5 Å². The van der Waals surface area contributed by atoms with Gasteiger partial charge in [-0.05, 0) is 59.0 Å². The number of fused-ring (bicyclic) bond motifs is 1. The summed E-state index contributed by atoms with van der Waals surface area (Å²) in [6, 6.07) is 24.8. The maximum Gasteiger partial charge on any atom is 0.418 e. The van der Waals surface area contributed by atoms with E-state index in [0.717, 1.165) is 17.2 Å². The van der Waals surface area contributed by atoms with Gasteiger partial charge in [-0.1, -0.05) is 83.9 Å². The van der Waals surface area contributed by atoms with E-state index in [4.69, 9.17) is 23.2 Å². The van der Waals surface area contributed by atoms with Gasteiger partial charge in [-0.2, -0.15) is 13.2 Å². The van der Waals surface area contributed by atoms with E-state index in [0.29, 0.717) is 28.6 Å². The number of hydrogen-bond acceptors (Lipinski definition) is 2. The van der Waals surface area contributed by atoms with Gasteiger partial charge < -0.3 is 10.6 Å². The van der Waals surface area contributed by atoms with Crippen molar-refractivity contribution in [2.75, 3.05) is 10.6 Å². The summed E-state index contributed by atoms with van der Waals surface area (Å²) in [6.07, 6.45) is -2.61. The van der Waals surface area contributed by atoms with Gasteiger partial charge in [-0.3, -0.25) is 4.98 Å². The first-order valence-corrected chi connectivity index (χ1v) is 12.6. The zero-order chi connectivity index (χ0) is 27.6. The van der Waals surface area contributed by atoms with E-state index in [1.165, 1.54) is 12.3 Å². The lowest BCUT2D eigenvalue weighted by Gasteiger charge is -2.17. The third-order valence-electron chi connectivity index (χ3n) is 6.13. The van der Waals surface area contributed by atoms with Gasteiger partial charge in [-0.25, -0.2) is 4.79 Å². The molecule has 0 bridgehead atoms. The van der Waals surface area contributed by atoms with Crippen molar-refractivity contribution in [2.45, 2.75) is 12.6 Å². The van der Waals surface area contributed by atoms with Crippen LogP contribution in [-0.2, 0) is 12.6 Å². The Balaban J connectivity index is 1.57. The number of nitrogens with zero attached hydrogens (tertiary/aromatic N) is 1. The molecule has 196 valence electrons. The Morgan fingerprint density at radius 1 is 0.821 bits per heavy atom. The number of pyridine rings is 1. The smallest absolute Gasteiger partial charge is 0.308 e. The maximum absolute atomic E-state index is 13.8. The molecule has 0 radical (unpaired) electrons. The van der Waals surface area contributed by atoms with E-state index < -0.39 is 17.8 Å². The number of para-hydroxylation sites is 2. The summed E-state index contributed by atoms with van der Waals surface area (Å²) in [7, 11) is 0. The van der Waals surface area contributed by atoms with E-state index in [9.17, 15) is 18.0 Å². The number of nitrogens with one attached hydrogen (secondary N) is 2. The van der Waals surface area contributed by atoms with Crippen LogP contribution in [0.1, 0.15) is 16.7 Å². The summed E-state index contributed by atoms with van der Waals surface area (Å²) in [5.74, 6) is 0. The van der Waals surface area contributed by atoms with Crippen molar-refractivity contribution in [1.29, 1.82) is 0 Å². The first-order chi connectivity index (χ1) is 18.7. The largest absolute Gasteiger partial charge is 0.418 e. The topological polar surface area (TPSA) is 54.0 Å². The van der Waals surface area contributed by atoms with Crippen molar-refractivity contribution in [3.8, 4) is 11.1 Å². The highest BCUT2D eigenvalue weighted by atomic mass is 35.5. The van der Waals surface area contributed by atoms with E-state index in [2.05, 4.69) is 15.6 Å². The first-order valence-electron chi connectivity index (χ1n) is 11.8. The number of alkyl halides is 3. The van der Waals surface area contributed by atoms with Crippen molar-refractivity contribution < 1.29 is 18.0 Å². The lowest BCUT2D eigenvalue weighted by molar-refractivity contribution is -0.136. The van der Waals surface area contributed by atoms with Crippen molar-refractivity contribution in [3.63, 3.8) is 0 Å². The molecule has 9 heteroatoms. The van der Waals surface area contributed by atoms with Crippen LogP contribution in [0.4, 0.5) is 29.3 Å². The summed E-state index contributed by atoms with van der Waals surface area (Å²) in [5, 5.41) is 6.30. The minimum atomic E-state index is -4.56. The van der Waals surface area contributed by atoms with Gasteiger partial charge in [0, 0.05) is 17.3 Å². The number of halogens is 5. The molecule has 0 aliphatic rings. The summed E-state index contributed by atoms with van der Waals surface area (Å²) < 4.78 is 41.5. The Morgan fingerprint density at radius 3 is 2.23 bits per heavy atom. The number of rotatable bonds is 5. The number of carbonyl (C=O) groups is 1. The molecular weight excluding hydrogens is 546 g/mol. The average molecular weight is 566 g/mol. The minimum absolute atomic E-state index is 0.138. The van der Waals surface area contributed by atoms with Gasteiger partial charge in [0.1, 0.15) is 0 Å². The second kappa shape index (κ2) is 11.0. The van der Waals surface area contributed by atoms with Gasteiger partial charge in [0.05, 0.1) is 26.8 Å². The fourth-order valence-electron chi connectivity index (χ4n) is 4.43. The second-order valence-corrected chi connectivity index (χ2v) is 9.59. The maximum atomic E-state index is 13.8. The van der Waals surface area contributed by atoms with E-state index in [-0.39, 0.29) is 21.2 Å². The number of anilines is 2. The number of hydrogen-bond donors (Lipinski definition) is 2. The molecule has 0 atom stereocenters. The van der Waals surface area contributed by atoms with Crippen LogP contribution < -0.4 is 10.6 Å². The van der Waals surface area contributed by atoms with Crippen LogP contribution in [0.2, 0.25) is 10.0 Å². The van der Waals surface area contributed by atoms with Gasteiger partial charge in [0.2, 0.25) is 0 Å². The Labute approximate surface area is 232 Å². The molecule has 1 aromatic heterocycles. The SMILES string of the molecule is O=C(Nc1cccc(-c2c(Cc3ccccc3)cnc3c(C(F)(F)F)cccc23)c1)Nc1c(Cl)cccc1Cl. The van der Waals surface area contributed by atoms with Crippen molar-refractivity contribution in [3.05, 3.63) is 124 Å². The summed E-state index contributed by atoms with van der Waals surface area (Å²) in [4.78, 5) is 17.0. The molecule has 0 fully saturated rings. The van der Waals surface area contributed by atoms with Crippen LogP contribution >= 0.6 is 23.2 Å². The monoisotopic (exact) mass is 565 g/mol. The highest BCUT2D eigenvalue weighted by molar-refractivity contribution is 6.39. The molecular formula is C30H20Cl2F3N3O. The van der Waals surface area contributed by atoms with Gasteiger partial charge in [-0.15, -0.1) is 0 Å². The van der Waals surface area contributed by atoms with E-state index in [1.807, 2.05) is 30.3 Å². The number of aromatic nitrogens is 1. The predicted octanol–water partition coefficient (Wildman–Crippen LogP) is 9.46. The fourth-order valence-corrected chi connectivity index (χ4v) is 4.92. The zero-order valence-corrected chi connectivity index (χ0v) is 21.7. The molecule has 1 heterocycles. The molecule has 0 spiro atoms. The lowest BCUT2D eigenvalue weighted by atomic mass is 9.91. The highest BCUT2D eigenvalue weighted by Crippen LogP contribution is 2.39. The highest BCUT2D eigenvalue weighted by Gasteiger charge is 2.33. The van der Waals surface area contributed by atoms with Crippen LogP contribution in [-0.4, -0.2) is 11.0 Å². The normalized spacial score (nSPS) is 11.4. The van der Waals surface area contributed by atoms with E-state index >= 15 is 0 Å². The molecule has 0 saturated heterocycles. The number of benzene rings is 4. The van der Waals surface area contributed by atoms with Gasteiger partial charge in [0.15, 0.2) is 0 Å². The number of carbonyl (C=O) groups excluding carboxylic acids is 1. The molecule has 2 amide bonds.